The second-order valence-corrected chi connectivity index (χ2v) is 6.97. The van der Waals surface area contributed by atoms with Gasteiger partial charge in [-0.2, -0.15) is 0 Å². The summed E-state index contributed by atoms with van der Waals surface area (Å²) in [5.41, 5.74) is 0. The van der Waals surface area contributed by atoms with Crippen LogP contribution < -0.4 is 5.32 Å². The van der Waals surface area contributed by atoms with Crippen molar-refractivity contribution in [1.29, 1.82) is 0 Å². The minimum absolute atomic E-state index is 0.695. The molecule has 0 amide bonds. The van der Waals surface area contributed by atoms with Gasteiger partial charge in [0.15, 0.2) is 0 Å². The van der Waals surface area contributed by atoms with E-state index in [0.717, 1.165) is 38.1 Å². The summed E-state index contributed by atoms with van der Waals surface area (Å²) in [5.74, 6) is 0.917. The maximum atomic E-state index is 5.75. The molecule has 1 saturated heterocycles. The van der Waals surface area contributed by atoms with Crippen molar-refractivity contribution in [3.63, 3.8) is 0 Å². The molecule has 1 aliphatic carbocycles. The monoisotopic (exact) mass is 296 g/mol. The van der Waals surface area contributed by atoms with E-state index in [2.05, 4.69) is 24.1 Å². The summed E-state index contributed by atoms with van der Waals surface area (Å²) in [7, 11) is 0. The van der Waals surface area contributed by atoms with E-state index in [1.165, 1.54) is 58.0 Å². The second kappa shape index (κ2) is 9.81. The van der Waals surface area contributed by atoms with Gasteiger partial charge >= 0.3 is 0 Å². The van der Waals surface area contributed by atoms with Crippen molar-refractivity contribution in [1.82, 2.24) is 10.2 Å². The molecule has 2 unspecified atom stereocenters. The zero-order valence-corrected chi connectivity index (χ0v) is 14.3. The smallest absolute Gasteiger partial charge is 0.0593 e. The average molecular weight is 296 g/mol. The third kappa shape index (κ3) is 5.54. The van der Waals surface area contributed by atoms with E-state index < -0.39 is 0 Å². The molecule has 2 atom stereocenters. The van der Waals surface area contributed by atoms with Gasteiger partial charge in [-0.1, -0.05) is 39.5 Å². The summed E-state index contributed by atoms with van der Waals surface area (Å²) >= 11 is 0. The molecule has 2 aliphatic rings. The Labute approximate surface area is 131 Å². The van der Waals surface area contributed by atoms with E-state index in [9.17, 15) is 0 Å². The summed E-state index contributed by atoms with van der Waals surface area (Å²) in [4.78, 5) is 2.75. The van der Waals surface area contributed by atoms with Crippen LogP contribution in [-0.2, 0) is 4.74 Å². The third-order valence-electron chi connectivity index (χ3n) is 5.24. The van der Waals surface area contributed by atoms with E-state index in [0.29, 0.717) is 6.04 Å². The number of hydrogen-bond donors (Lipinski definition) is 1. The Hall–Kier alpha value is -0.120. The number of piperazine rings is 1. The molecule has 21 heavy (non-hydrogen) atoms. The van der Waals surface area contributed by atoms with Gasteiger partial charge in [0.1, 0.15) is 0 Å². The van der Waals surface area contributed by atoms with Gasteiger partial charge in [-0.3, -0.25) is 4.90 Å². The van der Waals surface area contributed by atoms with E-state index in [4.69, 9.17) is 4.74 Å². The van der Waals surface area contributed by atoms with Crippen LogP contribution in [0, 0.1) is 5.92 Å². The maximum absolute atomic E-state index is 5.75. The van der Waals surface area contributed by atoms with E-state index in [1.54, 1.807) is 0 Å². The van der Waals surface area contributed by atoms with Crippen molar-refractivity contribution in [2.75, 3.05) is 32.8 Å². The zero-order chi connectivity index (χ0) is 14.9. The van der Waals surface area contributed by atoms with Gasteiger partial charge in [-0.25, -0.2) is 0 Å². The first-order valence-electron chi connectivity index (χ1n) is 9.40. The van der Waals surface area contributed by atoms with E-state index in [-0.39, 0.29) is 0 Å². The highest BCUT2D eigenvalue weighted by molar-refractivity contribution is 4.90. The highest BCUT2D eigenvalue weighted by Gasteiger charge is 2.33. The quantitative estimate of drug-likeness (QED) is 0.695. The molecule has 1 aliphatic heterocycles. The maximum Gasteiger partial charge on any atom is 0.0593 e. The lowest BCUT2D eigenvalue weighted by Gasteiger charge is -2.45. The Kier molecular flexibility index (Phi) is 8.05. The molecule has 2 fully saturated rings. The molecular weight excluding hydrogens is 260 g/mol. The molecule has 0 radical (unpaired) electrons. The van der Waals surface area contributed by atoms with Crippen LogP contribution in [-0.4, -0.2) is 49.8 Å². The molecule has 0 bridgehead atoms. The van der Waals surface area contributed by atoms with Crippen molar-refractivity contribution in [3.8, 4) is 0 Å². The Morgan fingerprint density at radius 2 is 1.86 bits per heavy atom. The molecule has 0 spiro atoms. The fourth-order valence-electron chi connectivity index (χ4n) is 4.11. The first kappa shape index (κ1) is 17.2. The second-order valence-electron chi connectivity index (χ2n) is 6.97. The molecule has 0 aromatic heterocycles. The van der Waals surface area contributed by atoms with Crippen molar-refractivity contribution in [2.24, 2.45) is 5.92 Å². The van der Waals surface area contributed by atoms with Gasteiger partial charge in [0, 0.05) is 38.3 Å². The number of ether oxygens (including phenoxy) is 1. The number of rotatable bonds is 8. The highest BCUT2D eigenvalue weighted by Crippen LogP contribution is 2.30. The normalized spacial score (nSPS) is 28.9. The average Bonchev–Trinajstić information content (AvgIpc) is 2.53. The lowest BCUT2D eigenvalue weighted by Crippen LogP contribution is -2.59. The lowest BCUT2D eigenvalue weighted by molar-refractivity contribution is 0.0351. The van der Waals surface area contributed by atoms with Gasteiger partial charge in [0.25, 0.3) is 0 Å². The van der Waals surface area contributed by atoms with E-state index in [1.807, 2.05) is 0 Å². The molecule has 1 N–H and O–H groups in total. The summed E-state index contributed by atoms with van der Waals surface area (Å²) < 4.78 is 5.75. The van der Waals surface area contributed by atoms with Crippen LogP contribution in [0.25, 0.3) is 0 Å². The van der Waals surface area contributed by atoms with Gasteiger partial charge in [0.2, 0.25) is 0 Å². The number of nitrogens with one attached hydrogen (secondary N) is 1. The van der Waals surface area contributed by atoms with Crippen LogP contribution >= 0.6 is 0 Å². The predicted molar refractivity (Wildman–Crippen MR) is 89.7 cm³/mol. The van der Waals surface area contributed by atoms with Gasteiger partial charge in [0.05, 0.1) is 6.61 Å². The first-order valence-corrected chi connectivity index (χ1v) is 9.40. The standard InChI is InChI=1S/C18H36N2O/c1-3-8-17-15-20(11-13-21-12-4-2)18(14-19-17)16-9-6-5-7-10-16/h16-19H,3-15H2,1-2H3. The molecule has 0 aromatic rings. The Morgan fingerprint density at radius 1 is 1.05 bits per heavy atom. The largest absolute Gasteiger partial charge is 0.380 e. The van der Waals surface area contributed by atoms with Crippen LogP contribution in [0.3, 0.4) is 0 Å². The molecule has 124 valence electrons. The zero-order valence-electron chi connectivity index (χ0n) is 14.3. The van der Waals surface area contributed by atoms with E-state index >= 15 is 0 Å². The van der Waals surface area contributed by atoms with Gasteiger partial charge < -0.3 is 10.1 Å². The van der Waals surface area contributed by atoms with Crippen molar-refractivity contribution in [3.05, 3.63) is 0 Å². The summed E-state index contributed by atoms with van der Waals surface area (Å²) in [6.45, 7) is 9.86. The molecule has 3 nitrogen and oxygen atoms in total. The van der Waals surface area contributed by atoms with Crippen LogP contribution in [0.15, 0.2) is 0 Å². The van der Waals surface area contributed by atoms with Crippen molar-refractivity contribution in [2.45, 2.75) is 77.3 Å². The molecule has 2 rings (SSSR count). The Balaban J connectivity index is 1.85. The molecule has 0 aromatic carbocycles. The molecule has 3 heteroatoms. The van der Waals surface area contributed by atoms with Crippen LogP contribution in [0.1, 0.15) is 65.2 Å². The van der Waals surface area contributed by atoms with Crippen LogP contribution in [0.5, 0.6) is 0 Å². The SMILES string of the molecule is CCCOCCN1CC(CCC)NCC1C1CCCCC1. The summed E-state index contributed by atoms with van der Waals surface area (Å²) in [6.07, 6.45) is 10.9. The fraction of sp³-hybridized carbons (Fsp3) is 1.00. The number of hydrogen-bond acceptors (Lipinski definition) is 3. The molecule has 1 heterocycles. The summed E-state index contributed by atoms with van der Waals surface area (Å²) in [5, 5.41) is 3.82. The van der Waals surface area contributed by atoms with Crippen LogP contribution in [0.2, 0.25) is 0 Å². The third-order valence-corrected chi connectivity index (χ3v) is 5.24. The van der Waals surface area contributed by atoms with Crippen molar-refractivity contribution >= 4 is 0 Å². The lowest BCUT2D eigenvalue weighted by atomic mass is 9.82. The predicted octanol–water partition coefficient (Wildman–Crippen LogP) is 3.44. The van der Waals surface area contributed by atoms with Gasteiger partial charge in [-0.05, 0) is 31.6 Å². The molecular formula is C18H36N2O. The summed E-state index contributed by atoms with van der Waals surface area (Å²) in [6, 6.07) is 1.45. The van der Waals surface area contributed by atoms with Gasteiger partial charge in [-0.15, -0.1) is 0 Å². The Bertz CT molecular complexity index is 266. The minimum atomic E-state index is 0.695. The number of nitrogens with zero attached hydrogens (tertiary/aromatic N) is 1. The topological polar surface area (TPSA) is 24.5 Å². The highest BCUT2D eigenvalue weighted by atomic mass is 16.5. The fourth-order valence-corrected chi connectivity index (χ4v) is 4.11. The first-order chi connectivity index (χ1) is 10.3. The van der Waals surface area contributed by atoms with Crippen LogP contribution in [0.4, 0.5) is 0 Å². The Morgan fingerprint density at radius 3 is 2.57 bits per heavy atom. The molecule has 1 saturated carbocycles. The minimum Gasteiger partial charge on any atom is -0.380 e. The van der Waals surface area contributed by atoms with Crippen molar-refractivity contribution < 1.29 is 4.74 Å².